The molecule has 0 saturated carbocycles. The number of amides is 2. The molecule has 2 unspecified atom stereocenters. The average Bonchev–Trinajstić information content (AvgIpc) is 2.73. The number of anilines is 2. The topological polar surface area (TPSA) is 111 Å². The van der Waals surface area contributed by atoms with Crippen molar-refractivity contribution in [3.05, 3.63) is 36.4 Å². The first kappa shape index (κ1) is 23.0. The number of ether oxygens (including phenoxy) is 2. The van der Waals surface area contributed by atoms with Gasteiger partial charge < -0.3 is 20.1 Å². The molecule has 10 heteroatoms. The number of benzene rings is 2. The van der Waals surface area contributed by atoms with Gasteiger partial charge in [0.25, 0.3) is 0 Å². The first-order chi connectivity index (χ1) is 14.6. The van der Waals surface area contributed by atoms with Crippen molar-refractivity contribution in [3.8, 4) is 11.5 Å². The number of carbonyl (C=O) groups is 2. The van der Waals surface area contributed by atoms with Crippen LogP contribution in [0.2, 0.25) is 0 Å². The molecular weight excluding hydrogens is 440 g/mol. The Bertz CT molecular complexity index is 1090. The van der Waals surface area contributed by atoms with Gasteiger partial charge in [-0.3, -0.25) is 9.59 Å². The zero-order valence-electron chi connectivity index (χ0n) is 17.6. The van der Waals surface area contributed by atoms with Crippen molar-refractivity contribution in [2.24, 2.45) is 5.92 Å². The van der Waals surface area contributed by atoms with Gasteiger partial charge in [0.15, 0.2) is 9.84 Å². The number of hydrogen-bond donors (Lipinski definition) is 2. The summed E-state index contributed by atoms with van der Waals surface area (Å²) in [6.45, 7) is 3.33. The van der Waals surface area contributed by atoms with Crippen molar-refractivity contribution >= 4 is 44.8 Å². The molecule has 0 spiro atoms. The Labute approximate surface area is 185 Å². The van der Waals surface area contributed by atoms with E-state index in [0.29, 0.717) is 22.9 Å². The summed E-state index contributed by atoms with van der Waals surface area (Å²) in [5.74, 6) is -0.822. The maximum Gasteiger partial charge on any atom is 0.237 e. The van der Waals surface area contributed by atoms with Crippen molar-refractivity contribution in [2.75, 3.05) is 30.6 Å². The Hall–Kier alpha value is -2.72. The normalized spacial score (nSPS) is 16.6. The number of fused-ring (bicyclic) bond motifs is 1. The summed E-state index contributed by atoms with van der Waals surface area (Å²) in [6, 6.07) is 9.52. The molecule has 1 heterocycles. The van der Waals surface area contributed by atoms with Crippen LogP contribution in [0.25, 0.3) is 0 Å². The van der Waals surface area contributed by atoms with Crippen LogP contribution in [0.1, 0.15) is 13.8 Å². The summed E-state index contributed by atoms with van der Waals surface area (Å²) >= 11 is 1.37. The van der Waals surface area contributed by atoms with E-state index >= 15 is 0 Å². The van der Waals surface area contributed by atoms with Gasteiger partial charge in [-0.2, -0.15) is 0 Å². The van der Waals surface area contributed by atoms with Crippen LogP contribution in [0, 0.1) is 5.92 Å². The molecule has 0 saturated heterocycles. The number of sulfone groups is 1. The van der Waals surface area contributed by atoms with E-state index < -0.39 is 21.7 Å². The van der Waals surface area contributed by atoms with Gasteiger partial charge in [0.05, 0.1) is 35.8 Å². The minimum Gasteiger partial charge on any atom is -0.497 e. The Morgan fingerprint density at radius 1 is 1.16 bits per heavy atom. The third-order valence-corrected chi connectivity index (χ3v) is 7.87. The quantitative estimate of drug-likeness (QED) is 0.647. The molecular formula is C21H24N2O6S2. The standard InChI is InChI=1S/C21H24N2O6S2/c1-12(20(24)22-14-7-15(28-3)9-16(8-14)29-4)11-31(26,27)17-5-6-19-18(10-17)23-21(25)13(2)30-19/h5-10,12-13H,11H2,1-4H3,(H,22,24)(H,23,25). The highest BCUT2D eigenvalue weighted by molar-refractivity contribution is 8.01. The van der Waals surface area contributed by atoms with E-state index in [-0.39, 0.29) is 21.8 Å². The minimum absolute atomic E-state index is 0.0596. The number of hydrogen-bond acceptors (Lipinski definition) is 7. The Kier molecular flexibility index (Phi) is 6.80. The van der Waals surface area contributed by atoms with E-state index in [1.54, 1.807) is 38.1 Å². The largest absolute Gasteiger partial charge is 0.497 e. The molecule has 2 N–H and O–H groups in total. The van der Waals surface area contributed by atoms with Crippen LogP contribution in [0.4, 0.5) is 11.4 Å². The van der Waals surface area contributed by atoms with Gasteiger partial charge in [0.1, 0.15) is 11.5 Å². The zero-order chi connectivity index (χ0) is 22.8. The predicted octanol–water partition coefficient (Wildman–Crippen LogP) is 3.19. The van der Waals surface area contributed by atoms with Crippen LogP contribution >= 0.6 is 11.8 Å². The zero-order valence-corrected chi connectivity index (χ0v) is 19.2. The van der Waals surface area contributed by atoms with Crippen LogP contribution in [-0.4, -0.2) is 45.5 Å². The Morgan fingerprint density at radius 3 is 2.42 bits per heavy atom. The van der Waals surface area contributed by atoms with Crippen molar-refractivity contribution in [2.45, 2.75) is 28.9 Å². The summed E-state index contributed by atoms with van der Waals surface area (Å²) in [5, 5.41) is 5.19. The molecule has 1 aliphatic rings. The van der Waals surface area contributed by atoms with Crippen molar-refractivity contribution in [1.29, 1.82) is 0 Å². The molecule has 0 bridgehead atoms. The molecule has 166 valence electrons. The van der Waals surface area contributed by atoms with Gasteiger partial charge in [-0.15, -0.1) is 11.8 Å². The molecule has 3 rings (SSSR count). The van der Waals surface area contributed by atoms with Gasteiger partial charge in [-0.25, -0.2) is 8.42 Å². The monoisotopic (exact) mass is 464 g/mol. The lowest BCUT2D eigenvalue weighted by atomic mass is 10.2. The number of rotatable bonds is 7. The first-order valence-electron chi connectivity index (χ1n) is 9.51. The maximum atomic E-state index is 12.9. The summed E-state index contributed by atoms with van der Waals surface area (Å²) in [5.41, 5.74) is 0.905. The molecule has 31 heavy (non-hydrogen) atoms. The molecule has 2 amide bonds. The highest BCUT2D eigenvalue weighted by atomic mass is 32.2. The molecule has 0 radical (unpaired) electrons. The van der Waals surface area contributed by atoms with Gasteiger partial charge >= 0.3 is 0 Å². The number of carbonyl (C=O) groups excluding carboxylic acids is 2. The smallest absolute Gasteiger partial charge is 0.237 e. The molecule has 8 nitrogen and oxygen atoms in total. The van der Waals surface area contributed by atoms with Crippen LogP contribution in [0.15, 0.2) is 46.2 Å². The van der Waals surface area contributed by atoms with E-state index in [4.69, 9.17) is 9.47 Å². The second-order valence-electron chi connectivity index (χ2n) is 7.18. The Morgan fingerprint density at radius 2 is 1.81 bits per heavy atom. The number of nitrogens with one attached hydrogen (secondary N) is 2. The van der Waals surface area contributed by atoms with Crippen LogP contribution < -0.4 is 20.1 Å². The van der Waals surface area contributed by atoms with Gasteiger partial charge in [-0.1, -0.05) is 6.92 Å². The lowest BCUT2D eigenvalue weighted by molar-refractivity contribution is -0.119. The number of thioether (sulfide) groups is 1. The second kappa shape index (κ2) is 9.19. The summed E-state index contributed by atoms with van der Waals surface area (Å²) < 4.78 is 36.1. The predicted molar refractivity (Wildman–Crippen MR) is 120 cm³/mol. The fourth-order valence-corrected chi connectivity index (χ4v) is 5.53. The fraction of sp³-hybridized carbons (Fsp3) is 0.333. The minimum atomic E-state index is -3.76. The maximum absolute atomic E-state index is 12.9. The van der Waals surface area contributed by atoms with Crippen LogP contribution in [-0.2, 0) is 19.4 Å². The molecule has 0 fully saturated rings. The first-order valence-corrected chi connectivity index (χ1v) is 12.0. The summed E-state index contributed by atoms with van der Waals surface area (Å²) in [4.78, 5) is 25.4. The lowest BCUT2D eigenvalue weighted by Crippen LogP contribution is -2.28. The van der Waals surface area contributed by atoms with Crippen molar-refractivity contribution in [1.82, 2.24) is 0 Å². The van der Waals surface area contributed by atoms with E-state index in [2.05, 4.69) is 10.6 Å². The molecule has 1 aliphatic heterocycles. The molecule has 2 aromatic carbocycles. The summed E-state index contributed by atoms with van der Waals surface area (Å²) in [6.07, 6.45) is 0. The third kappa shape index (κ3) is 5.31. The molecule has 2 atom stereocenters. The van der Waals surface area contributed by atoms with Crippen molar-refractivity contribution < 1.29 is 27.5 Å². The molecule has 0 aliphatic carbocycles. The second-order valence-corrected chi connectivity index (χ2v) is 10.6. The van der Waals surface area contributed by atoms with Crippen LogP contribution in [0.3, 0.4) is 0 Å². The van der Waals surface area contributed by atoms with Gasteiger partial charge in [-0.05, 0) is 25.1 Å². The fourth-order valence-electron chi connectivity index (χ4n) is 3.03. The summed E-state index contributed by atoms with van der Waals surface area (Å²) in [7, 11) is -0.766. The SMILES string of the molecule is COc1cc(NC(=O)C(C)CS(=O)(=O)c2ccc3c(c2)NC(=O)C(C)S3)cc(OC)c1. The van der Waals surface area contributed by atoms with Crippen molar-refractivity contribution in [3.63, 3.8) is 0 Å². The van der Waals surface area contributed by atoms with E-state index in [1.807, 2.05) is 0 Å². The highest BCUT2D eigenvalue weighted by Crippen LogP contribution is 2.37. The Balaban J connectivity index is 1.74. The van der Waals surface area contributed by atoms with E-state index in [0.717, 1.165) is 4.90 Å². The molecule has 0 aromatic heterocycles. The molecule has 2 aromatic rings. The van der Waals surface area contributed by atoms with E-state index in [1.165, 1.54) is 38.1 Å². The van der Waals surface area contributed by atoms with Gasteiger partial charge in [0, 0.05) is 34.7 Å². The highest BCUT2D eigenvalue weighted by Gasteiger charge is 2.27. The van der Waals surface area contributed by atoms with Gasteiger partial charge in [0.2, 0.25) is 11.8 Å². The number of methoxy groups -OCH3 is 2. The lowest BCUT2D eigenvalue weighted by Gasteiger charge is -2.22. The average molecular weight is 465 g/mol. The van der Waals surface area contributed by atoms with E-state index in [9.17, 15) is 18.0 Å². The van der Waals surface area contributed by atoms with Crippen LogP contribution in [0.5, 0.6) is 11.5 Å². The third-order valence-electron chi connectivity index (χ3n) is 4.78.